The first-order valence-electron chi connectivity index (χ1n) is 21.6. The van der Waals surface area contributed by atoms with Gasteiger partial charge in [-0.15, -0.1) is 0 Å². The van der Waals surface area contributed by atoms with Crippen LogP contribution in [0, 0.1) is 0 Å². The predicted molar refractivity (Wildman–Crippen MR) is 229 cm³/mol. The van der Waals surface area contributed by atoms with E-state index in [-0.39, 0.29) is 19.8 Å². The largest absolute Gasteiger partial charge is 0.472 e. The number of hydrogen-bond acceptors (Lipinski definition) is 6. The summed E-state index contributed by atoms with van der Waals surface area (Å²) in [4.78, 5) is 22.7. The molecule has 0 heterocycles. The van der Waals surface area contributed by atoms with Gasteiger partial charge in [-0.05, 0) is 19.3 Å². The van der Waals surface area contributed by atoms with Gasteiger partial charge in [0.25, 0.3) is 0 Å². The molecular formula is C45H83NO7P+. The molecule has 0 radical (unpaired) electrons. The van der Waals surface area contributed by atoms with Gasteiger partial charge in [0.15, 0.2) is 0 Å². The molecule has 54 heavy (non-hydrogen) atoms. The molecule has 0 rings (SSSR count). The van der Waals surface area contributed by atoms with Crippen LogP contribution in [0.5, 0.6) is 0 Å². The summed E-state index contributed by atoms with van der Waals surface area (Å²) >= 11 is 0. The maximum absolute atomic E-state index is 12.5. The number of rotatable bonds is 39. The molecule has 1 N–H and O–H groups in total. The van der Waals surface area contributed by atoms with Crippen LogP contribution in [0.3, 0.4) is 0 Å². The summed E-state index contributed by atoms with van der Waals surface area (Å²) < 4.78 is 34.7. The molecular weight excluding hydrogens is 697 g/mol. The number of carbonyl (C=O) groups is 1. The zero-order valence-electron chi connectivity index (χ0n) is 35.4. The van der Waals surface area contributed by atoms with Gasteiger partial charge in [0.2, 0.25) is 0 Å². The highest BCUT2D eigenvalue weighted by atomic mass is 31.2. The van der Waals surface area contributed by atoms with E-state index in [9.17, 15) is 14.3 Å². The smallest absolute Gasteiger partial charge is 0.454 e. The van der Waals surface area contributed by atoms with Gasteiger partial charge in [0, 0.05) is 12.7 Å². The normalized spacial score (nSPS) is 14.4. The van der Waals surface area contributed by atoms with Crippen molar-refractivity contribution in [3.63, 3.8) is 0 Å². The van der Waals surface area contributed by atoms with Gasteiger partial charge in [0.05, 0.1) is 34.4 Å². The van der Waals surface area contributed by atoms with E-state index < -0.39 is 19.9 Å². The van der Waals surface area contributed by atoms with Gasteiger partial charge < -0.3 is 18.9 Å². The molecule has 0 fully saturated rings. The van der Waals surface area contributed by atoms with E-state index >= 15 is 0 Å². The lowest BCUT2D eigenvalue weighted by Crippen LogP contribution is -2.37. The zero-order chi connectivity index (χ0) is 39.9. The monoisotopic (exact) mass is 781 g/mol. The van der Waals surface area contributed by atoms with E-state index in [0.29, 0.717) is 17.6 Å². The highest BCUT2D eigenvalue weighted by molar-refractivity contribution is 7.47. The van der Waals surface area contributed by atoms with E-state index in [2.05, 4.69) is 26.0 Å². The molecule has 0 aliphatic heterocycles. The molecule has 314 valence electrons. The molecule has 0 saturated heterocycles. The maximum atomic E-state index is 12.5. The molecule has 0 spiro atoms. The quantitative estimate of drug-likeness (QED) is 0.0166. The van der Waals surface area contributed by atoms with Crippen molar-refractivity contribution in [3.8, 4) is 0 Å². The van der Waals surface area contributed by atoms with Crippen molar-refractivity contribution < 1.29 is 37.3 Å². The third-order valence-electron chi connectivity index (χ3n) is 9.04. The fraction of sp³-hybridized carbons (Fsp3) is 0.756. The number of phosphoric acid groups is 1. The number of likely N-dealkylation sites (N-methyl/N-ethyl adjacent to an activating group) is 1. The number of unbranched alkanes of at least 4 members (excludes halogenated alkanes) is 21. The minimum atomic E-state index is -4.31. The van der Waals surface area contributed by atoms with Crippen molar-refractivity contribution in [2.75, 3.05) is 54.1 Å². The van der Waals surface area contributed by atoms with Crippen LogP contribution in [0.2, 0.25) is 0 Å². The van der Waals surface area contributed by atoms with E-state index in [1.54, 1.807) is 12.2 Å². The van der Waals surface area contributed by atoms with Gasteiger partial charge in [-0.3, -0.25) is 9.05 Å². The number of nitrogens with zero attached hydrogens (tertiary/aromatic N) is 1. The predicted octanol–water partition coefficient (Wildman–Crippen LogP) is 12.5. The lowest BCUT2D eigenvalue weighted by atomic mass is 10.0. The molecule has 0 aromatic heterocycles. The number of allylic oxidation sites excluding steroid dienone is 9. The van der Waals surface area contributed by atoms with Crippen LogP contribution in [-0.4, -0.2) is 75.6 Å². The molecule has 0 aliphatic rings. The van der Waals surface area contributed by atoms with Crippen LogP contribution >= 0.6 is 7.82 Å². The van der Waals surface area contributed by atoms with Crippen molar-refractivity contribution in [2.24, 2.45) is 0 Å². The molecule has 0 bridgehead atoms. The third-order valence-corrected chi connectivity index (χ3v) is 10.0. The van der Waals surface area contributed by atoms with Crippen molar-refractivity contribution in [2.45, 2.75) is 168 Å². The Morgan fingerprint density at radius 3 is 1.52 bits per heavy atom. The second kappa shape index (κ2) is 38.1. The fourth-order valence-corrected chi connectivity index (χ4v) is 6.41. The van der Waals surface area contributed by atoms with Crippen molar-refractivity contribution in [1.29, 1.82) is 0 Å². The average molecular weight is 781 g/mol. The minimum absolute atomic E-state index is 0.0622. The standard InChI is InChI=1S/C45H82NO7P/c1-6-8-10-12-14-16-18-20-22-23-24-26-28-30-32-34-36-38-45(47)53-44(43-52-54(48,49)51-41-39-46(3,4)5)42-50-40-37-35-33-31-29-27-25-21-19-17-15-13-11-9-7-2/h22-24,26,28,30,32,34,36,38,44H,6-21,25,27,29,31,33,35,37,39-43H2,1-5H3/p+1/b23-22+,26-24+,30-28+,34-32+,38-36+. The van der Waals surface area contributed by atoms with E-state index in [1.165, 1.54) is 134 Å². The van der Waals surface area contributed by atoms with Crippen LogP contribution in [0.1, 0.15) is 162 Å². The van der Waals surface area contributed by atoms with E-state index in [1.807, 2.05) is 51.5 Å². The molecule has 0 amide bonds. The Morgan fingerprint density at radius 2 is 1.02 bits per heavy atom. The first-order valence-corrected chi connectivity index (χ1v) is 23.1. The Labute approximate surface area is 332 Å². The molecule has 2 atom stereocenters. The Morgan fingerprint density at radius 1 is 0.574 bits per heavy atom. The maximum Gasteiger partial charge on any atom is 0.472 e. The number of quaternary nitrogens is 1. The second-order valence-corrected chi connectivity index (χ2v) is 17.0. The topological polar surface area (TPSA) is 91.3 Å². The highest BCUT2D eigenvalue weighted by Gasteiger charge is 2.26. The molecule has 0 aliphatic carbocycles. The molecule has 0 aromatic carbocycles. The summed E-state index contributed by atoms with van der Waals surface area (Å²) in [6, 6.07) is 0. The lowest BCUT2D eigenvalue weighted by Gasteiger charge is -2.24. The zero-order valence-corrected chi connectivity index (χ0v) is 36.3. The SMILES string of the molecule is CCCCCCCCC/C=C/C=C/C=C/C=C/C=C/C(=O)OC(COCCCCCCCCCCCCCCCCC)COP(=O)(O)OCC[N+](C)(C)C. The fourth-order valence-electron chi connectivity index (χ4n) is 5.67. The van der Waals surface area contributed by atoms with Gasteiger partial charge in [-0.1, -0.05) is 197 Å². The molecule has 9 heteroatoms. The summed E-state index contributed by atoms with van der Waals surface area (Å²) in [5.74, 6) is -0.586. The first-order chi connectivity index (χ1) is 26.1. The van der Waals surface area contributed by atoms with Gasteiger partial charge in [0.1, 0.15) is 19.3 Å². The Balaban J connectivity index is 4.47. The Kier molecular flexibility index (Phi) is 36.8. The number of carbonyl (C=O) groups excluding carboxylic acids is 1. The van der Waals surface area contributed by atoms with Crippen LogP contribution in [0.15, 0.2) is 60.8 Å². The Hall–Kier alpha value is -1.80. The van der Waals surface area contributed by atoms with Crippen LogP contribution in [0.25, 0.3) is 0 Å². The van der Waals surface area contributed by atoms with Gasteiger partial charge in [-0.25, -0.2) is 9.36 Å². The summed E-state index contributed by atoms with van der Waals surface area (Å²) in [6.45, 7) is 5.40. The van der Waals surface area contributed by atoms with E-state index in [4.69, 9.17) is 18.5 Å². The van der Waals surface area contributed by atoms with Crippen LogP contribution in [0.4, 0.5) is 0 Å². The van der Waals surface area contributed by atoms with Crippen molar-refractivity contribution in [3.05, 3.63) is 60.8 Å². The molecule has 0 aromatic rings. The first kappa shape index (κ1) is 52.2. The van der Waals surface area contributed by atoms with Gasteiger partial charge >= 0.3 is 13.8 Å². The second-order valence-electron chi connectivity index (χ2n) is 15.5. The molecule has 8 nitrogen and oxygen atoms in total. The van der Waals surface area contributed by atoms with Crippen LogP contribution < -0.4 is 0 Å². The van der Waals surface area contributed by atoms with Gasteiger partial charge in [-0.2, -0.15) is 0 Å². The molecule has 2 unspecified atom stereocenters. The molecule has 0 saturated carbocycles. The van der Waals surface area contributed by atoms with Crippen molar-refractivity contribution in [1.82, 2.24) is 0 Å². The highest BCUT2D eigenvalue weighted by Crippen LogP contribution is 2.43. The summed E-state index contributed by atoms with van der Waals surface area (Å²) in [5, 5.41) is 0. The minimum Gasteiger partial charge on any atom is -0.454 e. The summed E-state index contributed by atoms with van der Waals surface area (Å²) in [7, 11) is 1.58. The van der Waals surface area contributed by atoms with E-state index in [0.717, 1.165) is 19.3 Å². The number of ether oxygens (including phenoxy) is 2. The number of phosphoric ester groups is 1. The van der Waals surface area contributed by atoms with Crippen LogP contribution in [-0.2, 0) is 27.9 Å². The summed E-state index contributed by atoms with van der Waals surface area (Å²) in [5.41, 5.74) is 0. The Bertz CT molecular complexity index is 1050. The van der Waals surface area contributed by atoms with Crippen molar-refractivity contribution >= 4 is 13.8 Å². The summed E-state index contributed by atoms with van der Waals surface area (Å²) in [6.07, 6.45) is 47.5. The third kappa shape index (κ3) is 41.4. The average Bonchev–Trinajstić information content (AvgIpc) is 3.12. The number of hydrogen-bond donors (Lipinski definition) is 1. The lowest BCUT2D eigenvalue weighted by molar-refractivity contribution is -0.870. The number of esters is 1.